The molecule has 1 N–H and O–H groups in total. The summed E-state index contributed by atoms with van der Waals surface area (Å²) in [5.41, 5.74) is -0.0789. The largest absolute Gasteiger partial charge is 0.363 e. The van der Waals surface area contributed by atoms with Crippen LogP contribution in [-0.2, 0) is 0 Å². The third-order valence-electron chi connectivity index (χ3n) is 3.63. The van der Waals surface area contributed by atoms with Crippen molar-refractivity contribution in [3.05, 3.63) is 27.4 Å². The van der Waals surface area contributed by atoms with Gasteiger partial charge in [0.15, 0.2) is 0 Å². The van der Waals surface area contributed by atoms with Crippen molar-refractivity contribution in [2.45, 2.75) is 19.8 Å². The molecule has 2 heterocycles. The molecule has 2 rings (SSSR count). The number of hydrogen-bond acceptors (Lipinski definition) is 5. The second-order valence-electron chi connectivity index (χ2n) is 5.23. The minimum Gasteiger partial charge on any atom is -0.363 e. The molecule has 0 bridgehead atoms. The van der Waals surface area contributed by atoms with Gasteiger partial charge in [0.1, 0.15) is 0 Å². The van der Waals surface area contributed by atoms with Crippen molar-refractivity contribution in [2.75, 3.05) is 31.5 Å². The number of halogens is 1. The third kappa shape index (κ3) is 4.05. The fourth-order valence-electron chi connectivity index (χ4n) is 2.32. The number of nitrogens with one attached hydrogen (secondary N) is 1. The summed E-state index contributed by atoms with van der Waals surface area (Å²) in [7, 11) is 0. The van der Waals surface area contributed by atoms with Crippen LogP contribution >= 0.6 is 11.6 Å². The van der Waals surface area contributed by atoms with E-state index in [9.17, 15) is 10.1 Å². The van der Waals surface area contributed by atoms with Crippen LogP contribution in [-0.4, -0.2) is 41.0 Å². The first-order valence-corrected chi connectivity index (χ1v) is 7.20. The molecular formula is C13H19ClN4O2. The normalized spacial score (nSPS) is 17.1. The molecule has 0 unspecified atom stereocenters. The smallest absolute Gasteiger partial charge is 0.312 e. The Bertz CT molecular complexity index is 475. The van der Waals surface area contributed by atoms with Crippen molar-refractivity contribution in [2.24, 2.45) is 5.92 Å². The second-order valence-corrected chi connectivity index (χ2v) is 5.67. The number of likely N-dealkylation sites (tertiary alicyclic amines) is 1. The fraction of sp³-hybridized carbons (Fsp3) is 0.615. The van der Waals surface area contributed by atoms with Gasteiger partial charge >= 0.3 is 5.69 Å². The summed E-state index contributed by atoms with van der Waals surface area (Å²) < 4.78 is 0. The molecule has 1 aliphatic heterocycles. The van der Waals surface area contributed by atoms with Crippen LogP contribution in [0.4, 0.5) is 11.5 Å². The SMILES string of the molecule is CC1CCN(CCNc2ncc(Cl)cc2[N+](=O)[O-])CC1. The van der Waals surface area contributed by atoms with E-state index >= 15 is 0 Å². The summed E-state index contributed by atoms with van der Waals surface area (Å²) >= 11 is 5.73. The van der Waals surface area contributed by atoms with Crippen LogP contribution in [0.5, 0.6) is 0 Å². The van der Waals surface area contributed by atoms with Gasteiger partial charge in [-0.15, -0.1) is 0 Å². The quantitative estimate of drug-likeness (QED) is 0.668. The van der Waals surface area contributed by atoms with Crippen molar-refractivity contribution >= 4 is 23.1 Å². The number of nitro groups is 1. The van der Waals surface area contributed by atoms with E-state index in [1.165, 1.54) is 25.1 Å². The maximum atomic E-state index is 10.9. The molecule has 1 aromatic heterocycles. The van der Waals surface area contributed by atoms with E-state index in [2.05, 4.69) is 22.1 Å². The summed E-state index contributed by atoms with van der Waals surface area (Å²) in [5.74, 6) is 1.09. The maximum absolute atomic E-state index is 10.9. The number of nitrogens with zero attached hydrogens (tertiary/aromatic N) is 3. The Morgan fingerprint density at radius 1 is 1.55 bits per heavy atom. The van der Waals surface area contributed by atoms with E-state index in [4.69, 9.17) is 11.6 Å². The van der Waals surface area contributed by atoms with Crippen LogP contribution in [0, 0.1) is 16.0 Å². The minimum absolute atomic E-state index is 0.0789. The zero-order valence-electron chi connectivity index (χ0n) is 11.5. The van der Waals surface area contributed by atoms with Gasteiger partial charge in [-0.1, -0.05) is 18.5 Å². The molecule has 7 heteroatoms. The highest BCUT2D eigenvalue weighted by Crippen LogP contribution is 2.24. The lowest BCUT2D eigenvalue weighted by atomic mass is 9.99. The molecule has 1 aromatic rings. The molecule has 20 heavy (non-hydrogen) atoms. The molecule has 0 atom stereocenters. The number of rotatable bonds is 5. The number of pyridine rings is 1. The Labute approximate surface area is 123 Å². The van der Waals surface area contributed by atoms with E-state index in [0.717, 1.165) is 25.6 Å². The first-order chi connectivity index (χ1) is 9.56. The van der Waals surface area contributed by atoms with E-state index in [1.807, 2.05) is 0 Å². The van der Waals surface area contributed by atoms with Gasteiger partial charge in [0.2, 0.25) is 5.82 Å². The van der Waals surface area contributed by atoms with Crippen molar-refractivity contribution in [1.29, 1.82) is 0 Å². The Morgan fingerprint density at radius 3 is 2.90 bits per heavy atom. The summed E-state index contributed by atoms with van der Waals surface area (Å²) in [6, 6.07) is 1.32. The number of hydrogen-bond donors (Lipinski definition) is 1. The Balaban J connectivity index is 1.86. The third-order valence-corrected chi connectivity index (χ3v) is 3.83. The van der Waals surface area contributed by atoms with Crippen LogP contribution in [0.1, 0.15) is 19.8 Å². The number of piperidine rings is 1. The highest BCUT2D eigenvalue weighted by molar-refractivity contribution is 6.30. The van der Waals surface area contributed by atoms with Gasteiger partial charge in [0, 0.05) is 25.4 Å². The number of anilines is 1. The lowest BCUT2D eigenvalue weighted by Gasteiger charge is -2.30. The Kier molecular flexibility index (Phi) is 5.14. The average molecular weight is 299 g/mol. The molecule has 0 amide bonds. The average Bonchev–Trinajstić information content (AvgIpc) is 2.42. The molecule has 0 aromatic carbocycles. The van der Waals surface area contributed by atoms with Crippen molar-refractivity contribution in [3.8, 4) is 0 Å². The topological polar surface area (TPSA) is 71.3 Å². The van der Waals surface area contributed by atoms with Crippen LogP contribution in [0.3, 0.4) is 0 Å². The lowest BCUT2D eigenvalue weighted by Crippen LogP contribution is -2.36. The van der Waals surface area contributed by atoms with Gasteiger partial charge < -0.3 is 10.2 Å². The van der Waals surface area contributed by atoms with Crippen molar-refractivity contribution in [1.82, 2.24) is 9.88 Å². The van der Waals surface area contributed by atoms with Crippen molar-refractivity contribution in [3.63, 3.8) is 0 Å². The summed E-state index contributed by atoms with van der Waals surface area (Å²) in [4.78, 5) is 16.8. The predicted molar refractivity (Wildman–Crippen MR) is 79.2 cm³/mol. The van der Waals surface area contributed by atoms with Crippen LogP contribution in [0.2, 0.25) is 5.02 Å². The molecule has 0 spiro atoms. The fourth-order valence-corrected chi connectivity index (χ4v) is 2.47. The molecule has 110 valence electrons. The number of aromatic nitrogens is 1. The second kappa shape index (κ2) is 6.85. The molecule has 6 nitrogen and oxygen atoms in total. The van der Waals surface area contributed by atoms with E-state index in [0.29, 0.717) is 6.54 Å². The zero-order valence-corrected chi connectivity index (χ0v) is 12.3. The van der Waals surface area contributed by atoms with E-state index < -0.39 is 4.92 Å². The molecule has 0 radical (unpaired) electrons. The Morgan fingerprint density at radius 2 is 2.25 bits per heavy atom. The first kappa shape index (κ1) is 15.0. The summed E-state index contributed by atoms with van der Waals surface area (Å²) in [6.45, 7) is 5.98. The molecule has 1 saturated heterocycles. The zero-order chi connectivity index (χ0) is 14.5. The standard InChI is InChI=1S/C13H19ClN4O2/c1-10-2-5-17(6-3-10)7-4-15-13-12(18(19)20)8-11(14)9-16-13/h8-10H,2-7H2,1H3,(H,15,16). The van der Waals surface area contributed by atoms with Crippen LogP contribution in [0.15, 0.2) is 12.3 Å². The highest BCUT2D eigenvalue weighted by atomic mass is 35.5. The predicted octanol–water partition coefficient (Wildman–Crippen LogP) is 2.79. The molecule has 1 aliphatic rings. The van der Waals surface area contributed by atoms with Gasteiger partial charge in [0.25, 0.3) is 0 Å². The monoisotopic (exact) mass is 298 g/mol. The summed E-state index contributed by atoms with van der Waals surface area (Å²) in [6.07, 6.45) is 3.86. The maximum Gasteiger partial charge on any atom is 0.312 e. The minimum atomic E-state index is -0.468. The first-order valence-electron chi connectivity index (χ1n) is 6.82. The van der Waals surface area contributed by atoms with Crippen LogP contribution in [0.25, 0.3) is 0 Å². The van der Waals surface area contributed by atoms with Gasteiger partial charge in [-0.25, -0.2) is 4.98 Å². The van der Waals surface area contributed by atoms with Crippen molar-refractivity contribution < 1.29 is 4.92 Å². The van der Waals surface area contributed by atoms with Gasteiger partial charge in [-0.3, -0.25) is 10.1 Å². The van der Waals surface area contributed by atoms with Crippen LogP contribution < -0.4 is 5.32 Å². The molecule has 0 saturated carbocycles. The lowest BCUT2D eigenvalue weighted by molar-refractivity contribution is -0.384. The summed E-state index contributed by atoms with van der Waals surface area (Å²) in [5, 5.41) is 14.2. The molecule has 0 aliphatic carbocycles. The van der Waals surface area contributed by atoms with Gasteiger partial charge in [0.05, 0.1) is 9.95 Å². The van der Waals surface area contributed by atoms with Gasteiger partial charge in [-0.2, -0.15) is 0 Å². The highest BCUT2D eigenvalue weighted by Gasteiger charge is 2.17. The van der Waals surface area contributed by atoms with E-state index in [1.54, 1.807) is 0 Å². The molecular weight excluding hydrogens is 280 g/mol. The molecule has 1 fully saturated rings. The van der Waals surface area contributed by atoms with Gasteiger partial charge in [-0.05, 0) is 31.8 Å². The Hall–Kier alpha value is -1.40. The van der Waals surface area contributed by atoms with E-state index in [-0.39, 0.29) is 16.5 Å².